The van der Waals surface area contributed by atoms with Crippen LogP contribution >= 0.6 is 23.2 Å². The van der Waals surface area contributed by atoms with Crippen molar-refractivity contribution in [2.75, 3.05) is 36.7 Å². The van der Waals surface area contributed by atoms with Gasteiger partial charge in [-0.15, -0.1) is 0 Å². The van der Waals surface area contributed by atoms with Crippen LogP contribution in [0, 0.1) is 0 Å². The molecule has 1 atom stereocenters. The molecule has 2 N–H and O–H groups in total. The van der Waals surface area contributed by atoms with E-state index in [4.69, 9.17) is 28.9 Å². The third-order valence-electron chi connectivity index (χ3n) is 6.86. The monoisotopic (exact) mass is 588 g/mol. The fraction of sp³-hybridized carbons (Fsp3) is 0.345. The van der Waals surface area contributed by atoms with E-state index >= 15 is 0 Å². The largest absolute Gasteiger partial charge is 0.336 e. The Morgan fingerprint density at radius 2 is 1.62 bits per heavy atom. The van der Waals surface area contributed by atoms with Gasteiger partial charge in [0.2, 0.25) is 15.9 Å². The van der Waals surface area contributed by atoms with Crippen LogP contribution in [0.5, 0.6) is 0 Å². The Balaban J connectivity index is 1.63. The maximum absolute atomic E-state index is 13.7. The first-order chi connectivity index (χ1) is 18.6. The van der Waals surface area contributed by atoms with Gasteiger partial charge in [0.15, 0.2) is 0 Å². The van der Waals surface area contributed by atoms with Crippen LogP contribution in [0.1, 0.15) is 23.1 Å². The highest BCUT2D eigenvalue weighted by Crippen LogP contribution is 2.27. The number of halogens is 2. The summed E-state index contributed by atoms with van der Waals surface area (Å²) in [6.45, 7) is 3.06. The summed E-state index contributed by atoms with van der Waals surface area (Å²) in [5, 5.41) is 0.855. The molecule has 0 bridgehead atoms. The summed E-state index contributed by atoms with van der Waals surface area (Å²) in [5.41, 5.74) is 9.77. The van der Waals surface area contributed by atoms with Gasteiger partial charge in [-0.05, 0) is 47.7 Å². The number of fused-ring (bicyclic) bond motifs is 1. The highest BCUT2D eigenvalue weighted by atomic mass is 35.5. The van der Waals surface area contributed by atoms with Crippen LogP contribution < -0.4 is 10.0 Å². The van der Waals surface area contributed by atoms with E-state index in [9.17, 15) is 13.2 Å². The number of hydrogen-bond acceptors (Lipinski definition) is 5. The number of nitrogens with zero attached hydrogens (tertiary/aromatic N) is 3. The van der Waals surface area contributed by atoms with Gasteiger partial charge in [-0.3, -0.25) is 14.0 Å². The first-order valence-electron chi connectivity index (χ1n) is 12.9. The Morgan fingerprint density at radius 1 is 0.897 bits per heavy atom. The molecule has 0 fully saturated rings. The lowest BCUT2D eigenvalue weighted by atomic mass is 10.0. The molecule has 4 rings (SSSR count). The van der Waals surface area contributed by atoms with Crippen molar-refractivity contribution in [3.8, 4) is 0 Å². The minimum Gasteiger partial charge on any atom is -0.336 e. The zero-order valence-corrected chi connectivity index (χ0v) is 24.3. The highest BCUT2D eigenvalue weighted by molar-refractivity contribution is 7.92. The Kier molecular flexibility index (Phi) is 9.91. The van der Waals surface area contributed by atoms with Gasteiger partial charge >= 0.3 is 0 Å². The molecule has 0 saturated heterocycles. The minimum absolute atomic E-state index is 0.208. The number of nitrogens with two attached hydrogens (primary N) is 1. The summed E-state index contributed by atoms with van der Waals surface area (Å²) in [4.78, 5) is 17.7. The average molecular weight is 590 g/mol. The zero-order valence-electron chi connectivity index (χ0n) is 22.0. The molecule has 0 unspecified atom stereocenters. The normalized spacial score (nSPS) is 16.3. The summed E-state index contributed by atoms with van der Waals surface area (Å²) >= 11 is 12.2. The number of benzene rings is 3. The van der Waals surface area contributed by atoms with E-state index < -0.39 is 16.1 Å². The van der Waals surface area contributed by atoms with E-state index in [2.05, 4.69) is 17.0 Å². The van der Waals surface area contributed by atoms with Crippen LogP contribution in [0.15, 0.2) is 72.8 Å². The highest BCUT2D eigenvalue weighted by Gasteiger charge is 2.27. The molecule has 3 aromatic rings. The van der Waals surface area contributed by atoms with E-state index in [1.54, 1.807) is 23.1 Å². The number of amides is 1. The molecule has 39 heavy (non-hydrogen) atoms. The lowest BCUT2D eigenvalue weighted by Crippen LogP contribution is -2.47. The molecular formula is C29H34Cl2N4O3S. The molecule has 1 heterocycles. The van der Waals surface area contributed by atoms with Gasteiger partial charge in [-0.1, -0.05) is 77.8 Å². The second kappa shape index (κ2) is 13.2. The van der Waals surface area contributed by atoms with Gasteiger partial charge < -0.3 is 10.6 Å². The molecule has 1 aliphatic heterocycles. The van der Waals surface area contributed by atoms with Crippen LogP contribution in [0.25, 0.3) is 0 Å². The predicted molar refractivity (Wildman–Crippen MR) is 159 cm³/mol. The van der Waals surface area contributed by atoms with Crippen molar-refractivity contribution in [3.05, 3.63) is 99.5 Å². The van der Waals surface area contributed by atoms with Crippen molar-refractivity contribution in [2.24, 2.45) is 5.73 Å². The number of carbonyl (C=O) groups is 1. The van der Waals surface area contributed by atoms with Crippen LogP contribution in [-0.2, 0) is 34.3 Å². The van der Waals surface area contributed by atoms with E-state index in [1.165, 1.54) is 10.6 Å². The second-order valence-corrected chi connectivity index (χ2v) is 12.6. The Morgan fingerprint density at radius 3 is 2.33 bits per heavy atom. The second-order valence-electron chi connectivity index (χ2n) is 9.90. The number of carbonyl (C=O) groups excluding carboxylic acids is 1. The van der Waals surface area contributed by atoms with Gasteiger partial charge in [0, 0.05) is 39.3 Å². The number of para-hydroxylation sites is 1. The molecule has 3 aromatic carbocycles. The molecular weight excluding hydrogens is 555 g/mol. The average Bonchev–Trinajstić information content (AvgIpc) is 2.94. The molecule has 1 aliphatic rings. The smallest absolute Gasteiger partial charge is 0.240 e. The third kappa shape index (κ3) is 7.96. The first-order valence-corrected chi connectivity index (χ1v) is 15.5. The quantitative estimate of drug-likeness (QED) is 0.456. The van der Waals surface area contributed by atoms with Crippen molar-refractivity contribution >= 4 is 44.8 Å². The van der Waals surface area contributed by atoms with E-state index in [1.807, 2.05) is 42.5 Å². The zero-order chi connectivity index (χ0) is 28.0. The molecule has 0 aromatic heterocycles. The minimum atomic E-state index is -3.53. The lowest BCUT2D eigenvalue weighted by Gasteiger charge is -2.30. The van der Waals surface area contributed by atoms with Crippen LogP contribution in [-0.4, -0.2) is 62.6 Å². The summed E-state index contributed by atoms with van der Waals surface area (Å²) in [6, 6.07) is 21.9. The van der Waals surface area contributed by atoms with Crippen LogP contribution in [0.2, 0.25) is 10.0 Å². The Bertz CT molecular complexity index is 1390. The van der Waals surface area contributed by atoms with Crippen molar-refractivity contribution < 1.29 is 13.2 Å². The van der Waals surface area contributed by atoms with Gasteiger partial charge in [0.25, 0.3) is 0 Å². The van der Waals surface area contributed by atoms with Gasteiger partial charge in [-0.2, -0.15) is 0 Å². The molecule has 0 radical (unpaired) electrons. The van der Waals surface area contributed by atoms with E-state index in [0.29, 0.717) is 61.3 Å². The Labute approximate surface area is 241 Å². The molecule has 10 heteroatoms. The number of rotatable bonds is 6. The maximum Gasteiger partial charge on any atom is 0.240 e. The molecule has 208 valence electrons. The Hall–Kier alpha value is -2.62. The molecule has 7 nitrogen and oxygen atoms in total. The van der Waals surface area contributed by atoms with Gasteiger partial charge in [-0.25, -0.2) is 8.42 Å². The van der Waals surface area contributed by atoms with Crippen molar-refractivity contribution in [3.63, 3.8) is 0 Å². The summed E-state index contributed by atoms with van der Waals surface area (Å²) in [6.07, 6.45) is 2.18. The topological polar surface area (TPSA) is 87.0 Å². The van der Waals surface area contributed by atoms with Crippen LogP contribution in [0.4, 0.5) is 5.69 Å². The van der Waals surface area contributed by atoms with Crippen molar-refractivity contribution in [1.29, 1.82) is 0 Å². The van der Waals surface area contributed by atoms with Crippen molar-refractivity contribution in [1.82, 2.24) is 9.80 Å². The van der Waals surface area contributed by atoms with E-state index in [0.717, 1.165) is 16.7 Å². The molecule has 0 spiro atoms. The maximum atomic E-state index is 13.7. The number of anilines is 1. The van der Waals surface area contributed by atoms with Gasteiger partial charge in [0.05, 0.1) is 28.0 Å². The number of sulfonamides is 1. The molecule has 1 amide bonds. The van der Waals surface area contributed by atoms with Gasteiger partial charge in [0.1, 0.15) is 0 Å². The van der Waals surface area contributed by atoms with E-state index in [-0.39, 0.29) is 12.5 Å². The SMILES string of the molecule is CS(=O)(=O)N1CCCN(Cc2ccccc2)CCN(C(=O)[C@H](N)Cc2ccc(Cl)c(Cl)c2)Cc2ccccc21. The van der Waals surface area contributed by atoms with Crippen LogP contribution in [0.3, 0.4) is 0 Å². The fourth-order valence-electron chi connectivity index (χ4n) is 4.88. The van der Waals surface area contributed by atoms with Crippen molar-refractivity contribution in [2.45, 2.75) is 32.0 Å². The summed E-state index contributed by atoms with van der Waals surface area (Å²) < 4.78 is 27.1. The predicted octanol–water partition coefficient (Wildman–Crippen LogP) is 4.56. The standard InChI is InChI=1S/C29H34Cl2N4O3S/c1-39(37,38)35-15-7-14-33(20-22-8-3-2-4-9-22)16-17-34(21-24-10-5-6-11-28(24)35)29(36)27(32)19-23-12-13-25(30)26(31)18-23/h2-6,8-13,18,27H,7,14-17,19-21,32H2,1H3/t27-/m1/s1. The number of hydrogen-bond donors (Lipinski definition) is 1. The first kappa shape index (κ1) is 29.4. The third-order valence-corrected chi connectivity index (χ3v) is 8.78. The lowest BCUT2D eigenvalue weighted by molar-refractivity contribution is -0.133. The fourth-order valence-corrected chi connectivity index (χ4v) is 6.20. The summed E-state index contributed by atoms with van der Waals surface area (Å²) in [7, 11) is -3.53. The molecule has 0 aliphatic carbocycles. The molecule has 0 saturated carbocycles. The summed E-state index contributed by atoms with van der Waals surface area (Å²) in [5.74, 6) is -0.208.